The molecule has 0 heterocycles. The highest BCUT2D eigenvalue weighted by Gasteiger charge is 2.11. The fraction of sp³-hybridized carbons (Fsp3) is 0.286. The van der Waals surface area contributed by atoms with E-state index >= 15 is 0 Å². The lowest BCUT2D eigenvalue weighted by Gasteiger charge is -2.05. The Labute approximate surface area is 53.5 Å². The lowest BCUT2D eigenvalue weighted by Crippen LogP contribution is -2.17. The lowest BCUT2D eigenvalue weighted by atomic mass is 10.1. The topological polar surface area (TPSA) is 37.3 Å². The van der Waals surface area contributed by atoms with Crippen molar-refractivity contribution in [1.29, 1.82) is 0 Å². The summed E-state index contributed by atoms with van der Waals surface area (Å²) in [6.07, 6.45) is 3.70. The largest absolute Gasteiger partial charge is 0.381 e. The molecule has 0 radical (unpaired) electrons. The third kappa shape index (κ3) is 1.27. The van der Waals surface area contributed by atoms with Crippen LogP contribution in [0.4, 0.5) is 0 Å². The zero-order chi connectivity index (χ0) is 6.85. The predicted molar refractivity (Wildman–Crippen MR) is 33.9 cm³/mol. The zero-order valence-electron chi connectivity index (χ0n) is 5.16. The van der Waals surface area contributed by atoms with E-state index < -0.39 is 6.10 Å². The van der Waals surface area contributed by atoms with Crippen molar-refractivity contribution < 1.29 is 9.90 Å². The summed E-state index contributed by atoms with van der Waals surface area (Å²) in [5.74, 6) is -0.236. The Balaban J connectivity index is 2.82. The van der Waals surface area contributed by atoms with Crippen LogP contribution in [-0.4, -0.2) is 17.0 Å². The minimum atomic E-state index is -0.907. The van der Waals surface area contributed by atoms with Gasteiger partial charge in [0.25, 0.3) is 0 Å². The van der Waals surface area contributed by atoms with Crippen LogP contribution in [0.1, 0.15) is 6.92 Å². The van der Waals surface area contributed by atoms with Crippen molar-refractivity contribution in [3.05, 3.63) is 23.8 Å². The van der Waals surface area contributed by atoms with Gasteiger partial charge < -0.3 is 5.11 Å². The molecule has 0 aromatic rings. The van der Waals surface area contributed by atoms with E-state index in [0.717, 1.165) is 5.57 Å². The van der Waals surface area contributed by atoms with Crippen LogP contribution < -0.4 is 0 Å². The van der Waals surface area contributed by atoms with E-state index in [1.165, 1.54) is 12.2 Å². The lowest BCUT2D eigenvalue weighted by molar-refractivity contribution is -0.120. The number of allylic oxidation sites excluding steroid dienone is 2. The van der Waals surface area contributed by atoms with Gasteiger partial charge in [0.2, 0.25) is 0 Å². The second-order valence-corrected chi connectivity index (χ2v) is 2.09. The molecule has 2 nitrogen and oxygen atoms in total. The molecule has 0 aromatic heterocycles. The number of aliphatic hydroxyl groups is 1. The third-order valence-electron chi connectivity index (χ3n) is 1.22. The average molecular weight is 124 g/mol. The second-order valence-electron chi connectivity index (χ2n) is 2.09. The van der Waals surface area contributed by atoms with Crippen LogP contribution in [0.3, 0.4) is 0 Å². The van der Waals surface area contributed by atoms with Crippen molar-refractivity contribution in [2.45, 2.75) is 13.0 Å². The van der Waals surface area contributed by atoms with Crippen molar-refractivity contribution in [3.8, 4) is 0 Å². The Morgan fingerprint density at radius 2 is 2.22 bits per heavy atom. The van der Waals surface area contributed by atoms with Crippen molar-refractivity contribution >= 4 is 5.78 Å². The Hall–Kier alpha value is -0.890. The smallest absolute Gasteiger partial charge is 0.188 e. The second kappa shape index (κ2) is 2.15. The minimum absolute atomic E-state index is 0.236. The summed E-state index contributed by atoms with van der Waals surface area (Å²) in [4.78, 5) is 10.6. The summed E-state index contributed by atoms with van der Waals surface area (Å²) in [6.45, 7) is 1.84. The highest BCUT2D eigenvalue weighted by Crippen LogP contribution is 2.05. The maximum absolute atomic E-state index is 10.6. The fourth-order valence-electron chi connectivity index (χ4n) is 0.699. The van der Waals surface area contributed by atoms with Gasteiger partial charge in [-0.25, -0.2) is 0 Å². The Kier molecular flexibility index (Phi) is 1.49. The van der Waals surface area contributed by atoms with Crippen molar-refractivity contribution in [2.24, 2.45) is 0 Å². The summed E-state index contributed by atoms with van der Waals surface area (Å²) in [5, 5.41) is 8.87. The van der Waals surface area contributed by atoms with Crippen LogP contribution in [-0.2, 0) is 4.79 Å². The standard InChI is InChI=1S/C7H8O2/c1-5-2-3-6(8)7(9)4-5/h2-4,7,9H,1H3. The highest BCUT2D eigenvalue weighted by atomic mass is 16.3. The van der Waals surface area contributed by atoms with Crippen molar-refractivity contribution in [1.82, 2.24) is 0 Å². The zero-order valence-corrected chi connectivity index (χ0v) is 5.16. The van der Waals surface area contributed by atoms with E-state index in [9.17, 15) is 4.79 Å². The molecule has 0 amide bonds. The molecule has 0 saturated carbocycles. The molecule has 2 heteroatoms. The molecule has 0 saturated heterocycles. The molecule has 1 N–H and O–H groups in total. The molecule has 0 spiro atoms. The maximum Gasteiger partial charge on any atom is 0.188 e. The van der Waals surface area contributed by atoms with Gasteiger partial charge in [0.1, 0.15) is 6.10 Å². The Bertz CT molecular complexity index is 189. The predicted octanol–water partition coefficient (Wildman–Crippen LogP) is 0.433. The minimum Gasteiger partial charge on any atom is -0.381 e. The van der Waals surface area contributed by atoms with Crippen LogP contribution in [0.15, 0.2) is 23.8 Å². The summed E-state index contributed by atoms with van der Waals surface area (Å²) < 4.78 is 0. The van der Waals surface area contributed by atoms with E-state index in [-0.39, 0.29) is 5.78 Å². The number of ketones is 1. The van der Waals surface area contributed by atoms with Gasteiger partial charge in [0.05, 0.1) is 0 Å². The molecule has 1 unspecified atom stereocenters. The van der Waals surface area contributed by atoms with Crippen LogP contribution in [0, 0.1) is 0 Å². The number of hydrogen-bond acceptors (Lipinski definition) is 2. The van der Waals surface area contributed by atoms with E-state index in [1.54, 1.807) is 6.08 Å². The first-order valence-corrected chi connectivity index (χ1v) is 2.78. The van der Waals surface area contributed by atoms with Crippen molar-refractivity contribution in [2.75, 3.05) is 0 Å². The van der Waals surface area contributed by atoms with Crippen LogP contribution in [0.25, 0.3) is 0 Å². The van der Waals surface area contributed by atoms with Gasteiger partial charge in [-0.1, -0.05) is 11.6 Å². The maximum atomic E-state index is 10.6. The first-order valence-electron chi connectivity index (χ1n) is 2.78. The summed E-state index contributed by atoms with van der Waals surface area (Å²) in [5.41, 5.74) is 0.933. The Morgan fingerprint density at radius 3 is 2.67 bits per heavy atom. The highest BCUT2D eigenvalue weighted by molar-refractivity contribution is 5.96. The van der Waals surface area contributed by atoms with Gasteiger partial charge >= 0.3 is 0 Å². The Morgan fingerprint density at radius 1 is 1.56 bits per heavy atom. The SMILES string of the molecule is CC1=CC(O)C(=O)C=C1. The number of hydrogen-bond donors (Lipinski definition) is 1. The monoisotopic (exact) mass is 124 g/mol. The van der Waals surface area contributed by atoms with Gasteiger partial charge in [-0.3, -0.25) is 4.79 Å². The summed E-state index contributed by atoms with van der Waals surface area (Å²) in [6, 6.07) is 0. The summed E-state index contributed by atoms with van der Waals surface area (Å²) in [7, 11) is 0. The van der Waals surface area contributed by atoms with Gasteiger partial charge in [-0.15, -0.1) is 0 Å². The van der Waals surface area contributed by atoms with Crippen LogP contribution in [0.5, 0.6) is 0 Å². The van der Waals surface area contributed by atoms with E-state index in [4.69, 9.17) is 5.11 Å². The number of rotatable bonds is 0. The number of carbonyl (C=O) groups is 1. The molecule has 9 heavy (non-hydrogen) atoms. The van der Waals surface area contributed by atoms with E-state index in [1.807, 2.05) is 6.92 Å². The number of aliphatic hydroxyl groups excluding tert-OH is 1. The molecule has 0 bridgehead atoms. The quantitative estimate of drug-likeness (QED) is 0.508. The van der Waals surface area contributed by atoms with Gasteiger partial charge in [0.15, 0.2) is 5.78 Å². The van der Waals surface area contributed by atoms with Gasteiger partial charge in [-0.05, 0) is 19.1 Å². The molecule has 0 aliphatic heterocycles. The van der Waals surface area contributed by atoms with Gasteiger partial charge in [0, 0.05) is 0 Å². The van der Waals surface area contributed by atoms with Crippen LogP contribution >= 0.6 is 0 Å². The van der Waals surface area contributed by atoms with Crippen molar-refractivity contribution in [3.63, 3.8) is 0 Å². The average Bonchev–Trinajstić information content (AvgIpc) is 1.80. The molecule has 0 fully saturated rings. The van der Waals surface area contributed by atoms with Gasteiger partial charge in [-0.2, -0.15) is 0 Å². The third-order valence-corrected chi connectivity index (χ3v) is 1.22. The fourth-order valence-corrected chi connectivity index (χ4v) is 0.699. The molecular weight excluding hydrogens is 116 g/mol. The first kappa shape index (κ1) is 6.23. The molecule has 1 aliphatic carbocycles. The van der Waals surface area contributed by atoms with Crippen LogP contribution in [0.2, 0.25) is 0 Å². The molecule has 1 atom stereocenters. The molecule has 0 aromatic carbocycles. The molecule has 48 valence electrons. The molecular formula is C7H8O2. The van der Waals surface area contributed by atoms with E-state index in [0.29, 0.717) is 0 Å². The first-order chi connectivity index (χ1) is 4.20. The normalized spacial score (nSPS) is 26.2. The number of carbonyl (C=O) groups excluding carboxylic acids is 1. The molecule has 1 rings (SSSR count). The van der Waals surface area contributed by atoms with E-state index in [2.05, 4.69) is 0 Å². The molecule has 1 aliphatic rings. The summed E-state index contributed by atoms with van der Waals surface area (Å²) >= 11 is 0.